The van der Waals surface area contributed by atoms with Crippen LogP contribution in [-0.2, 0) is 9.53 Å². The van der Waals surface area contributed by atoms with Crippen molar-refractivity contribution in [2.75, 3.05) is 18.2 Å². The second-order valence-corrected chi connectivity index (χ2v) is 4.31. The van der Waals surface area contributed by atoms with Gasteiger partial charge in [0.15, 0.2) is 0 Å². The molecule has 0 atom stereocenters. The van der Waals surface area contributed by atoms with Gasteiger partial charge in [-0.25, -0.2) is 4.79 Å². The Labute approximate surface area is 106 Å². The molecule has 0 amide bonds. The summed E-state index contributed by atoms with van der Waals surface area (Å²) in [6, 6.07) is 8.03. The van der Waals surface area contributed by atoms with E-state index in [0.29, 0.717) is 6.61 Å². The normalized spacial score (nSPS) is 11.1. The van der Waals surface area contributed by atoms with E-state index < -0.39 is 0 Å². The fourth-order valence-corrected chi connectivity index (χ4v) is 1.71. The molecular formula is C13H17NO2S. The zero-order valence-corrected chi connectivity index (χ0v) is 11.1. The summed E-state index contributed by atoms with van der Waals surface area (Å²) in [7, 11) is 0. The molecule has 3 nitrogen and oxygen atoms in total. The van der Waals surface area contributed by atoms with Gasteiger partial charge in [-0.3, -0.25) is 0 Å². The summed E-state index contributed by atoms with van der Waals surface area (Å²) in [5.41, 5.74) is 1.72. The second-order valence-electron chi connectivity index (χ2n) is 3.43. The van der Waals surface area contributed by atoms with Gasteiger partial charge in [0, 0.05) is 22.4 Å². The van der Waals surface area contributed by atoms with Crippen molar-refractivity contribution in [3.8, 4) is 0 Å². The van der Waals surface area contributed by atoms with E-state index in [1.54, 1.807) is 18.7 Å². The third-order valence-electron chi connectivity index (χ3n) is 2.05. The SMILES string of the molecule is CCOC(=O)/C=C(/C)Nc1ccc(SC)cc1. The predicted molar refractivity (Wildman–Crippen MR) is 72.2 cm³/mol. The lowest BCUT2D eigenvalue weighted by Gasteiger charge is -2.07. The number of carbonyl (C=O) groups excluding carboxylic acids is 1. The van der Waals surface area contributed by atoms with Crippen molar-refractivity contribution in [2.45, 2.75) is 18.7 Å². The number of carbonyl (C=O) groups is 1. The lowest BCUT2D eigenvalue weighted by molar-refractivity contribution is -0.137. The molecule has 1 rings (SSSR count). The van der Waals surface area contributed by atoms with E-state index in [1.165, 1.54) is 11.0 Å². The number of anilines is 1. The molecule has 0 aliphatic rings. The minimum absolute atomic E-state index is 0.321. The molecule has 0 fully saturated rings. The first kappa shape index (κ1) is 13.6. The molecule has 0 aliphatic heterocycles. The Balaban J connectivity index is 2.60. The first-order chi connectivity index (χ1) is 8.15. The van der Waals surface area contributed by atoms with Gasteiger partial charge in [0.1, 0.15) is 0 Å². The maximum Gasteiger partial charge on any atom is 0.332 e. The molecule has 0 heterocycles. The monoisotopic (exact) mass is 251 g/mol. The van der Waals surface area contributed by atoms with Crippen molar-refractivity contribution in [1.82, 2.24) is 0 Å². The molecule has 0 saturated carbocycles. The standard InChI is InChI=1S/C13H17NO2S/c1-4-16-13(15)9-10(2)14-11-5-7-12(17-3)8-6-11/h5-9,14H,4H2,1-3H3/b10-9-. The minimum atomic E-state index is -0.321. The zero-order chi connectivity index (χ0) is 12.7. The van der Waals surface area contributed by atoms with Crippen molar-refractivity contribution in [3.05, 3.63) is 36.0 Å². The van der Waals surface area contributed by atoms with E-state index >= 15 is 0 Å². The number of nitrogens with one attached hydrogen (secondary N) is 1. The van der Waals surface area contributed by atoms with E-state index in [0.717, 1.165) is 11.4 Å². The maximum absolute atomic E-state index is 11.2. The van der Waals surface area contributed by atoms with Crippen molar-refractivity contribution in [3.63, 3.8) is 0 Å². The Morgan fingerprint density at radius 1 is 1.41 bits per heavy atom. The smallest absolute Gasteiger partial charge is 0.332 e. The number of thioether (sulfide) groups is 1. The highest BCUT2D eigenvalue weighted by atomic mass is 32.2. The van der Waals surface area contributed by atoms with Crippen LogP contribution in [0.1, 0.15) is 13.8 Å². The van der Waals surface area contributed by atoms with Crippen LogP contribution < -0.4 is 5.32 Å². The maximum atomic E-state index is 11.2. The molecule has 0 radical (unpaired) electrons. The van der Waals surface area contributed by atoms with Crippen molar-refractivity contribution >= 4 is 23.4 Å². The summed E-state index contributed by atoms with van der Waals surface area (Å²) in [6.45, 7) is 4.01. The number of ether oxygens (including phenoxy) is 1. The fourth-order valence-electron chi connectivity index (χ4n) is 1.30. The number of benzene rings is 1. The third-order valence-corrected chi connectivity index (χ3v) is 2.80. The zero-order valence-electron chi connectivity index (χ0n) is 10.3. The average Bonchev–Trinajstić information content (AvgIpc) is 2.30. The molecule has 1 aromatic rings. The van der Waals surface area contributed by atoms with E-state index in [9.17, 15) is 4.79 Å². The van der Waals surface area contributed by atoms with Gasteiger partial charge in [0.2, 0.25) is 0 Å². The first-order valence-electron chi connectivity index (χ1n) is 5.42. The molecule has 0 unspecified atom stereocenters. The number of rotatable bonds is 5. The van der Waals surface area contributed by atoms with Gasteiger partial charge < -0.3 is 10.1 Å². The van der Waals surface area contributed by atoms with E-state index in [2.05, 4.69) is 5.32 Å². The minimum Gasteiger partial charge on any atom is -0.463 e. The van der Waals surface area contributed by atoms with Crippen molar-refractivity contribution in [1.29, 1.82) is 0 Å². The van der Waals surface area contributed by atoms with E-state index in [1.807, 2.05) is 37.4 Å². The molecule has 17 heavy (non-hydrogen) atoms. The van der Waals surface area contributed by atoms with E-state index in [4.69, 9.17) is 4.74 Å². The van der Waals surface area contributed by atoms with Gasteiger partial charge in [-0.1, -0.05) is 0 Å². The number of allylic oxidation sites excluding steroid dienone is 1. The summed E-state index contributed by atoms with van der Waals surface area (Å²) < 4.78 is 4.83. The van der Waals surface area contributed by atoms with Crippen LogP contribution in [0.3, 0.4) is 0 Å². The summed E-state index contributed by atoms with van der Waals surface area (Å²) in [5.74, 6) is -0.321. The molecule has 0 saturated heterocycles. The summed E-state index contributed by atoms with van der Waals surface area (Å²) in [5, 5.41) is 3.13. The van der Waals surface area contributed by atoms with Gasteiger partial charge in [-0.2, -0.15) is 0 Å². The molecule has 0 spiro atoms. The molecular weight excluding hydrogens is 234 g/mol. The Morgan fingerprint density at radius 3 is 2.59 bits per heavy atom. The van der Waals surface area contributed by atoms with Crippen LogP contribution in [0.4, 0.5) is 5.69 Å². The average molecular weight is 251 g/mol. The Hall–Kier alpha value is -1.42. The van der Waals surface area contributed by atoms with Crippen LogP contribution in [0.2, 0.25) is 0 Å². The van der Waals surface area contributed by atoms with Crippen molar-refractivity contribution in [2.24, 2.45) is 0 Å². The summed E-state index contributed by atoms with van der Waals surface area (Å²) in [6.07, 6.45) is 3.49. The first-order valence-corrected chi connectivity index (χ1v) is 6.64. The van der Waals surface area contributed by atoms with Crippen LogP contribution >= 0.6 is 11.8 Å². The number of hydrogen-bond donors (Lipinski definition) is 1. The van der Waals surface area contributed by atoms with Crippen molar-refractivity contribution < 1.29 is 9.53 Å². The second kappa shape index (κ2) is 7.01. The molecule has 0 bridgehead atoms. The highest BCUT2D eigenvalue weighted by Crippen LogP contribution is 2.18. The highest BCUT2D eigenvalue weighted by Gasteiger charge is 1.99. The lowest BCUT2D eigenvalue weighted by Crippen LogP contribution is -2.04. The highest BCUT2D eigenvalue weighted by molar-refractivity contribution is 7.98. The van der Waals surface area contributed by atoms with E-state index in [-0.39, 0.29) is 5.97 Å². The molecule has 0 aromatic heterocycles. The van der Waals surface area contributed by atoms with Gasteiger partial charge >= 0.3 is 5.97 Å². The van der Waals surface area contributed by atoms with Crippen LogP contribution in [0.25, 0.3) is 0 Å². The van der Waals surface area contributed by atoms with Crippen LogP contribution in [0, 0.1) is 0 Å². The molecule has 1 aromatic carbocycles. The Kier molecular flexibility index (Phi) is 5.63. The van der Waals surface area contributed by atoms with Gasteiger partial charge in [-0.15, -0.1) is 11.8 Å². The third kappa shape index (κ3) is 4.95. The lowest BCUT2D eigenvalue weighted by atomic mass is 10.3. The van der Waals surface area contributed by atoms with Gasteiger partial charge in [-0.05, 0) is 44.4 Å². The van der Waals surface area contributed by atoms with Gasteiger partial charge in [0.25, 0.3) is 0 Å². The summed E-state index contributed by atoms with van der Waals surface area (Å²) >= 11 is 1.70. The largest absolute Gasteiger partial charge is 0.463 e. The van der Waals surface area contributed by atoms with Crippen LogP contribution in [0.15, 0.2) is 40.9 Å². The van der Waals surface area contributed by atoms with Gasteiger partial charge in [0.05, 0.1) is 6.61 Å². The topological polar surface area (TPSA) is 38.3 Å². The Bertz CT molecular complexity index is 398. The summed E-state index contributed by atoms with van der Waals surface area (Å²) in [4.78, 5) is 12.4. The molecule has 92 valence electrons. The molecule has 4 heteroatoms. The fraction of sp³-hybridized carbons (Fsp3) is 0.308. The molecule has 1 N–H and O–H groups in total. The molecule has 0 aliphatic carbocycles. The predicted octanol–water partition coefficient (Wildman–Crippen LogP) is 3.29. The van der Waals surface area contributed by atoms with Crippen LogP contribution in [-0.4, -0.2) is 18.8 Å². The number of esters is 1. The number of hydrogen-bond acceptors (Lipinski definition) is 4. The Morgan fingerprint density at radius 2 is 2.06 bits per heavy atom. The quantitative estimate of drug-likeness (QED) is 0.495. The van der Waals surface area contributed by atoms with Crippen LogP contribution in [0.5, 0.6) is 0 Å².